The van der Waals surface area contributed by atoms with Gasteiger partial charge in [0.25, 0.3) is 0 Å². The number of ether oxygens (including phenoxy) is 1. The summed E-state index contributed by atoms with van der Waals surface area (Å²) < 4.78 is 18.7. The molecule has 1 N–H and O–H groups in total. The SMILES string of the molecule is Cc1ccc(Oc2ccc(Cl)c(F)c2)c(C(=O)O)c1. The minimum Gasteiger partial charge on any atom is -0.478 e. The van der Waals surface area contributed by atoms with Gasteiger partial charge in [-0.05, 0) is 31.2 Å². The average molecular weight is 281 g/mol. The molecule has 0 fully saturated rings. The number of rotatable bonds is 3. The van der Waals surface area contributed by atoms with Crippen molar-refractivity contribution in [1.29, 1.82) is 0 Å². The van der Waals surface area contributed by atoms with Gasteiger partial charge >= 0.3 is 5.97 Å². The normalized spacial score (nSPS) is 10.3. The second-order valence-corrected chi connectivity index (χ2v) is 4.39. The topological polar surface area (TPSA) is 46.5 Å². The molecular weight excluding hydrogens is 271 g/mol. The highest BCUT2D eigenvalue weighted by Crippen LogP contribution is 2.28. The molecule has 2 aromatic carbocycles. The maximum Gasteiger partial charge on any atom is 0.339 e. The fraction of sp³-hybridized carbons (Fsp3) is 0.0714. The van der Waals surface area contributed by atoms with E-state index in [9.17, 15) is 9.18 Å². The van der Waals surface area contributed by atoms with Gasteiger partial charge in [-0.2, -0.15) is 0 Å². The van der Waals surface area contributed by atoms with Crippen LogP contribution in [0.2, 0.25) is 5.02 Å². The maximum absolute atomic E-state index is 13.3. The van der Waals surface area contributed by atoms with Crippen molar-refractivity contribution in [2.45, 2.75) is 6.92 Å². The summed E-state index contributed by atoms with van der Waals surface area (Å²) in [5.74, 6) is -1.38. The van der Waals surface area contributed by atoms with Gasteiger partial charge in [0, 0.05) is 6.07 Å². The predicted molar refractivity (Wildman–Crippen MR) is 69.6 cm³/mol. The second-order valence-electron chi connectivity index (χ2n) is 3.98. The molecule has 0 radical (unpaired) electrons. The summed E-state index contributed by atoms with van der Waals surface area (Å²) in [6.45, 7) is 1.78. The van der Waals surface area contributed by atoms with Crippen LogP contribution >= 0.6 is 11.6 Å². The standard InChI is InChI=1S/C14H10ClFO3/c1-8-2-5-13(10(6-8)14(17)18)19-9-3-4-11(15)12(16)7-9/h2-7H,1H3,(H,17,18). The minimum absolute atomic E-state index is 0.0188. The monoisotopic (exact) mass is 280 g/mol. The minimum atomic E-state index is -1.10. The Kier molecular flexibility index (Phi) is 3.71. The van der Waals surface area contributed by atoms with Crippen molar-refractivity contribution in [1.82, 2.24) is 0 Å². The van der Waals surface area contributed by atoms with Gasteiger partial charge in [-0.15, -0.1) is 0 Å². The molecule has 0 aliphatic rings. The van der Waals surface area contributed by atoms with E-state index in [-0.39, 0.29) is 22.1 Å². The molecular formula is C14H10ClFO3. The summed E-state index contributed by atoms with van der Waals surface area (Å²) in [6, 6.07) is 8.66. The van der Waals surface area contributed by atoms with Crippen molar-refractivity contribution < 1.29 is 19.0 Å². The molecule has 3 nitrogen and oxygen atoms in total. The number of hydrogen-bond acceptors (Lipinski definition) is 2. The third-order valence-corrected chi connectivity index (χ3v) is 2.79. The van der Waals surface area contributed by atoms with E-state index < -0.39 is 11.8 Å². The highest BCUT2D eigenvalue weighted by atomic mass is 35.5. The van der Waals surface area contributed by atoms with Gasteiger partial charge < -0.3 is 9.84 Å². The summed E-state index contributed by atoms with van der Waals surface area (Å²) in [5.41, 5.74) is 0.822. The number of aromatic carboxylic acids is 1. The molecule has 19 heavy (non-hydrogen) atoms. The highest BCUT2D eigenvalue weighted by Gasteiger charge is 2.13. The Bertz CT molecular complexity index is 641. The van der Waals surface area contributed by atoms with E-state index in [1.807, 2.05) is 0 Å². The van der Waals surface area contributed by atoms with Gasteiger partial charge in [0.2, 0.25) is 0 Å². The number of benzene rings is 2. The molecule has 2 rings (SSSR count). The van der Waals surface area contributed by atoms with Gasteiger partial charge in [0.1, 0.15) is 22.9 Å². The molecule has 0 amide bonds. The largest absolute Gasteiger partial charge is 0.478 e. The molecule has 0 atom stereocenters. The molecule has 98 valence electrons. The summed E-state index contributed by atoms with van der Waals surface area (Å²) in [5, 5.41) is 9.07. The van der Waals surface area contributed by atoms with Crippen LogP contribution in [0.15, 0.2) is 36.4 Å². The number of halogens is 2. The Morgan fingerprint density at radius 1 is 1.26 bits per heavy atom. The molecule has 0 heterocycles. The molecule has 0 spiro atoms. The van der Waals surface area contributed by atoms with Crippen LogP contribution in [0.4, 0.5) is 4.39 Å². The van der Waals surface area contributed by atoms with Crippen molar-refractivity contribution in [2.24, 2.45) is 0 Å². The Balaban J connectivity index is 2.37. The van der Waals surface area contributed by atoms with Crippen LogP contribution in [0.3, 0.4) is 0 Å². The van der Waals surface area contributed by atoms with E-state index in [2.05, 4.69) is 0 Å². The third kappa shape index (κ3) is 3.03. The van der Waals surface area contributed by atoms with E-state index in [0.717, 1.165) is 11.6 Å². The molecule has 0 aliphatic carbocycles. The Morgan fingerprint density at radius 2 is 2.00 bits per heavy atom. The number of aryl methyl sites for hydroxylation is 1. The Morgan fingerprint density at radius 3 is 2.63 bits per heavy atom. The van der Waals surface area contributed by atoms with Crippen LogP contribution in [-0.4, -0.2) is 11.1 Å². The molecule has 0 aromatic heterocycles. The average Bonchev–Trinajstić information content (AvgIpc) is 2.36. The number of carboxylic acid groups (broad SMARTS) is 1. The van der Waals surface area contributed by atoms with E-state index >= 15 is 0 Å². The summed E-state index contributed by atoms with van der Waals surface area (Å²) in [6.07, 6.45) is 0. The first-order valence-corrected chi connectivity index (χ1v) is 5.82. The van der Waals surface area contributed by atoms with Gasteiger partial charge in [-0.3, -0.25) is 0 Å². The van der Waals surface area contributed by atoms with E-state index in [0.29, 0.717) is 0 Å². The lowest BCUT2D eigenvalue weighted by Gasteiger charge is -2.09. The fourth-order valence-corrected chi connectivity index (χ4v) is 1.68. The van der Waals surface area contributed by atoms with Gasteiger partial charge in [-0.1, -0.05) is 23.2 Å². The Labute approximate surface area is 114 Å². The second kappa shape index (κ2) is 5.28. The van der Waals surface area contributed by atoms with Crippen molar-refractivity contribution in [2.75, 3.05) is 0 Å². The van der Waals surface area contributed by atoms with Crippen LogP contribution in [-0.2, 0) is 0 Å². The lowest BCUT2D eigenvalue weighted by Crippen LogP contribution is -2.00. The smallest absolute Gasteiger partial charge is 0.339 e. The van der Waals surface area contributed by atoms with Crippen molar-refractivity contribution in [3.63, 3.8) is 0 Å². The number of hydrogen-bond donors (Lipinski definition) is 1. The summed E-state index contributed by atoms with van der Waals surface area (Å²) in [7, 11) is 0. The Hall–Kier alpha value is -2.07. The van der Waals surface area contributed by atoms with Crippen LogP contribution in [0, 0.1) is 12.7 Å². The molecule has 5 heteroatoms. The van der Waals surface area contributed by atoms with Crippen molar-refractivity contribution in [3.05, 3.63) is 58.4 Å². The first-order chi connectivity index (χ1) is 8.97. The van der Waals surface area contributed by atoms with E-state index in [4.69, 9.17) is 21.4 Å². The van der Waals surface area contributed by atoms with Crippen molar-refractivity contribution >= 4 is 17.6 Å². The first-order valence-electron chi connectivity index (χ1n) is 5.44. The molecule has 0 saturated carbocycles. The number of carboxylic acids is 1. The van der Waals surface area contributed by atoms with Crippen LogP contribution in [0.25, 0.3) is 0 Å². The molecule has 0 unspecified atom stereocenters. The fourth-order valence-electron chi connectivity index (χ4n) is 1.57. The maximum atomic E-state index is 13.3. The van der Waals surface area contributed by atoms with Gasteiger partial charge in [0.05, 0.1) is 5.02 Å². The highest BCUT2D eigenvalue weighted by molar-refractivity contribution is 6.30. The zero-order chi connectivity index (χ0) is 14.0. The molecule has 0 saturated heterocycles. The molecule has 0 aliphatic heterocycles. The first kappa shape index (κ1) is 13.4. The van der Waals surface area contributed by atoms with Crippen LogP contribution in [0.1, 0.15) is 15.9 Å². The van der Waals surface area contributed by atoms with Crippen molar-refractivity contribution in [3.8, 4) is 11.5 Å². The lowest BCUT2D eigenvalue weighted by molar-refractivity contribution is 0.0694. The van der Waals surface area contributed by atoms with E-state index in [1.165, 1.54) is 24.3 Å². The quantitative estimate of drug-likeness (QED) is 0.913. The zero-order valence-electron chi connectivity index (χ0n) is 9.98. The predicted octanol–water partition coefficient (Wildman–Crippen LogP) is 4.28. The van der Waals surface area contributed by atoms with E-state index in [1.54, 1.807) is 13.0 Å². The number of carbonyl (C=O) groups is 1. The molecule has 0 bridgehead atoms. The van der Waals surface area contributed by atoms with Crippen LogP contribution < -0.4 is 4.74 Å². The third-order valence-electron chi connectivity index (χ3n) is 2.48. The molecule has 2 aromatic rings. The van der Waals surface area contributed by atoms with Gasteiger partial charge in [0.15, 0.2) is 0 Å². The van der Waals surface area contributed by atoms with Gasteiger partial charge in [-0.25, -0.2) is 9.18 Å². The summed E-state index contributed by atoms with van der Waals surface area (Å²) in [4.78, 5) is 11.1. The van der Waals surface area contributed by atoms with Crippen LogP contribution in [0.5, 0.6) is 11.5 Å². The lowest BCUT2D eigenvalue weighted by atomic mass is 10.1. The zero-order valence-corrected chi connectivity index (χ0v) is 10.7. The summed E-state index contributed by atoms with van der Waals surface area (Å²) >= 11 is 5.56.